The molecule has 2 aliphatic rings. The van der Waals surface area contributed by atoms with Crippen molar-refractivity contribution in [1.29, 1.82) is 0 Å². The van der Waals surface area contributed by atoms with Crippen molar-refractivity contribution in [3.63, 3.8) is 0 Å². The molecule has 1 fully saturated rings. The lowest BCUT2D eigenvalue weighted by molar-refractivity contribution is 0.314. The van der Waals surface area contributed by atoms with Crippen LogP contribution in [0.3, 0.4) is 0 Å². The molecule has 3 rings (SSSR count). The second kappa shape index (κ2) is 3.32. The number of nitrogens with two attached hydrogens (primary N) is 1. The average molecular weight is 221 g/mol. The van der Waals surface area contributed by atoms with Crippen LogP contribution < -0.4 is 5.73 Å². The number of thiazole rings is 1. The molecule has 2 N–H and O–H groups in total. The third-order valence-electron chi connectivity index (χ3n) is 3.03. The summed E-state index contributed by atoms with van der Waals surface area (Å²) in [5.74, 6) is 0. The van der Waals surface area contributed by atoms with Gasteiger partial charge in [-0.2, -0.15) is 0 Å². The van der Waals surface area contributed by atoms with Crippen molar-refractivity contribution in [2.45, 2.75) is 25.8 Å². The smallest absolute Gasteiger partial charge is 0.139 e. The third kappa shape index (κ3) is 1.68. The van der Waals surface area contributed by atoms with Crippen LogP contribution in [0.25, 0.3) is 5.70 Å². The van der Waals surface area contributed by atoms with Gasteiger partial charge in [0.15, 0.2) is 0 Å². The van der Waals surface area contributed by atoms with Crippen LogP contribution in [-0.4, -0.2) is 23.5 Å². The quantitative estimate of drug-likeness (QED) is 0.783. The summed E-state index contributed by atoms with van der Waals surface area (Å²) in [6.45, 7) is 2.16. The second-order valence-corrected chi connectivity index (χ2v) is 5.48. The van der Waals surface area contributed by atoms with Gasteiger partial charge in [-0.3, -0.25) is 0 Å². The first-order chi connectivity index (χ1) is 7.24. The van der Waals surface area contributed by atoms with E-state index in [4.69, 9.17) is 5.73 Å². The molecule has 1 aromatic heterocycles. The largest absolute Gasteiger partial charge is 0.396 e. The van der Waals surface area contributed by atoms with E-state index in [1.807, 2.05) is 0 Å². The minimum absolute atomic E-state index is 0.956. The highest BCUT2D eigenvalue weighted by atomic mass is 32.1. The van der Waals surface area contributed by atoms with Gasteiger partial charge >= 0.3 is 0 Å². The summed E-state index contributed by atoms with van der Waals surface area (Å²) in [6.07, 6.45) is 3.43. The molecular formula is C11H15N3S. The van der Waals surface area contributed by atoms with E-state index in [0.717, 1.165) is 30.2 Å². The zero-order valence-electron chi connectivity index (χ0n) is 8.92. The van der Waals surface area contributed by atoms with Crippen molar-refractivity contribution in [2.24, 2.45) is 5.73 Å². The van der Waals surface area contributed by atoms with E-state index in [-0.39, 0.29) is 0 Å². The van der Waals surface area contributed by atoms with Crippen molar-refractivity contribution in [1.82, 2.24) is 9.88 Å². The first-order valence-corrected chi connectivity index (χ1v) is 6.20. The predicted molar refractivity (Wildman–Crippen MR) is 62.5 cm³/mol. The van der Waals surface area contributed by atoms with E-state index in [0.29, 0.717) is 0 Å². The SMILES string of the molecule is CN1CCc2nc(C(N)=C3CC3)sc2C1. The van der Waals surface area contributed by atoms with E-state index in [1.54, 1.807) is 11.3 Å². The molecule has 1 aliphatic heterocycles. The molecule has 1 saturated carbocycles. The van der Waals surface area contributed by atoms with Crippen molar-refractivity contribution in [3.8, 4) is 0 Å². The minimum atomic E-state index is 0.956. The highest BCUT2D eigenvalue weighted by Gasteiger charge is 2.22. The Hall–Kier alpha value is -0.870. The van der Waals surface area contributed by atoms with Gasteiger partial charge in [-0.25, -0.2) is 4.98 Å². The maximum Gasteiger partial charge on any atom is 0.139 e. The van der Waals surface area contributed by atoms with Crippen molar-refractivity contribution in [3.05, 3.63) is 21.2 Å². The molecule has 0 radical (unpaired) electrons. The van der Waals surface area contributed by atoms with Gasteiger partial charge in [-0.15, -0.1) is 11.3 Å². The van der Waals surface area contributed by atoms with Crippen LogP contribution in [-0.2, 0) is 13.0 Å². The molecule has 2 heterocycles. The summed E-state index contributed by atoms with van der Waals surface area (Å²) >= 11 is 1.78. The van der Waals surface area contributed by atoms with E-state index in [9.17, 15) is 0 Å². The zero-order chi connectivity index (χ0) is 10.4. The van der Waals surface area contributed by atoms with Gasteiger partial charge in [0.05, 0.1) is 11.4 Å². The lowest BCUT2D eigenvalue weighted by Crippen LogP contribution is -2.25. The lowest BCUT2D eigenvalue weighted by atomic mass is 10.2. The maximum atomic E-state index is 6.06. The molecule has 0 saturated heterocycles. The second-order valence-electron chi connectivity index (χ2n) is 4.39. The van der Waals surface area contributed by atoms with Gasteiger partial charge in [-0.1, -0.05) is 0 Å². The summed E-state index contributed by atoms with van der Waals surface area (Å²) < 4.78 is 0. The molecule has 0 bridgehead atoms. The van der Waals surface area contributed by atoms with Crippen LogP contribution in [0.1, 0.15) is 28.4 Å². The van der Waals surface area contributed by atoms with Crippen molar-refractivity contribution in [2.75, 3.05) is 13.6 Å². The first-order valence-electron chi connectivity index (χ1n) is 5.39. The van der Waals surface area contributed by atoms with Gasteiger partial charge in [0.1, 0.15) is 5.01 Å². The Morgan fingerprint density at radius 1 is 1.40 bits per heavy atom. The number of hydrogen-bond acceptors (Lipinski definition) is 4. The Bertz CT molecular complexity index is 427. The Balaban J connectivity index is 1.96. The number of allylic oxidation sites excluding steroid dienone is 1. The van der Waals surface area contributed by atoms with E-state index in [2.05, 4.69) is 16.9 Å². The Morgan fingerprint density at radius 3 is 2.93 bits per heavy atom. The summed E-state index contributed by atoms with van der Waals surface area (Å²) in [5, 5.41) is 1.06. The van der Waals surface area contributed by atoms with Crippen LogP contribution in [0.2, 0.25) is 0 Å². The molecule has 1 aliphatic carbocycles. The fraction of sp³-hybridized carbons (Fsp3) is 0.545. The monoisotopic (exact) mass is 221 g/mol. The van der Waals surface area contributed by atoms with Crippen LogP contribution >= 0.6 is 11.3 Å². The molecule has 0 atom stereocenters. The Labute approximate surface area is 93.6 Å². The molecule has 15 heavy (non-hydrogen) atoms. The van der Waals surface area contributed by atoms with E-state index < -0.39 is 0 Å². The van der Waals surface area contributed by atoms with Gasteiger partial charge in [-0.05, 0) is 25.5 Å². The summed E-state index contributed by atoms with van der Waals surface area (Å²) in [7, 11) is 2.16. The number of fused-ring (bicyclic) bond motifs is 1. The number of hydrogen-bond donors (Lipinski definition) is 1. The van der Waals surface area contributed by atoms with Gasteiger partial charge in [0, 0.05) is 24.4 Å². The van der Waals surface area contributed by atoms with Crippen LogP contribution in [0.15, 0.2) is 5.57 Å². The normalized spacial score (nSPS) is 20.2. The molecule has 80 valence electrons. The fourth-order valence-corrected chi connectivity index (χ4v) is 3.12. The topological polar surface area (TPSA) is 42.2 Å². The first kappa shape index (κ1) is 9.36. The van der Waals surface area contributed by atoms with Gasteiger partial charge in [0.2, 0.25) is 0 Å². The fourth-order valence-electron chi connectivity index (χ4n) is 1.92. The average Bonchev–Trinajstić information content (AvgIpc) is 2.97. The predicted octanol–water partition coefficient (Wildman–Crippen LogP) is 1.59. The highest BCUT2D eigenvalue weighted by molar-refractivity contribution is 7.12. The number of rotatable bonds is 1. The van der Waals surface area contributed by atoms with E-state index >= 15 is 0 Å². The molecule has 0 unspecified atom stereocenters. The Morgan fingerprint density at radius 2 is 2.20 bits per heavy atom. The van der Waals surface area contributed by atoms with Gasteiger partial charge in [0.25, 0.3) is 0 Å². The number of likely N-dealkylation sites (N-methyl/N-ethyl adjacent to an activating group) is 1. The highest BCUT2D eigenvalue weighted by Crippen LogP contribution is 2.36. The minimum Gasteiger partial charge on any atom is -0.396 e. The van der Waals surface area contributed by atoms with Crippen LogP contribution in [0.5, 0.6) is 0 Å². The summed E-state index contributed by atoms with van der Waals surface area (Å²) in [4.78, 5) is 8.40. The summed E-state index contributed by atoms with van der Waals surface area (Å²) in [5.41, 5.74) is 9.69. The van der Waals surface area contributed by atoms with Crippen molar-refractivity contribution < 1.29 is 0 Å². The van der Waals surface area contributed by atoms with Crippen LogP contribution in [0, 0.1) is 0 Å². The van der Waals surface area contributed by atoms with E-state index in [1.165, 1.54) is 29.0 Å². The standard InChI is InChI=1S/C11H15N3S/c1-14-5-4-8-9(6-14)15-11(13-8)10(12)7-2-3-7/h2-6,12H2,1H3. The Kier molecular flexibility index (Phi) is 2.07. The maximum absolute atomic E-state index is 6.06. The number of aromatic nitrogens is 1. The lowest BCUT2D eigenvalue weighted by Gasteiger charge is -2.20. The third-order valence-corrected chi connectivity index (χ3v) is 4.15. The summed E-state index contributed by atoms with van der Waals surface area (Å²) in [6, 6.07) is 0. The molecule has 0 aromatic carbocycles. The zero-order valence-corrected chi connectivity index (χ0v) is 9.73. The number of nitrogens with zero attached hydrogens (tertiary/aromatic N) is 2. The molecule has 4 heteroatoms. The molecule has 0 spiro atoms. The molecule has 0 amide bonds. The van der Waals surface area contributed by atoms with Crippen molar-refractivity contribution >= 4 is 17.0 Å². The molecule has 1 aromatic rings. The van der Waals surface area contributed by atoms with Gasteiger partial charge < -0.3 is 10.6 Å². The van der Waals surface area contributed by atoms with Crippen LogP contribution in [0.4, 0.5) is 0 Å². The molecule has 3 nitrogen and oxygen atoms in total. The molecular weight excluding hydrogens is 206 g/mol.